The number of aliphatic hydroxyl groups is 1. The number of carbonyl (C=O) groups is 1. The van der Waals surface area contributed by atoms with Crippen molar-refractivity contribution in [2.45, 2.75) is 82.9 Å². The molecule has 0 radical (unpaired) electrons. The molecule has 172 valence electrons. The molecule has 0 aromatic carbocycles. The molecule has 2 saturated heterocycles. The number of Topliss-reactive ketones (excluding diaryl/α,β-unsaturated/α-hetero) is 1. The number of ether oxygens (including phenoxy) is 4. The lowest BCUT2D eigenvalue weighted by Crippen LogP contribution is -2.65. The highest BCUT2D eigenvalue weighted by Gasteiger charge is 2.72. The molecular formula is C25H36O6. The monoisotopic (exact) mass is 432 g/mol. The van der Waals surface area contributed by atoms with Crippen molar-refractivity contribution in [3.05, 3.63) is 11.6 Å². The van der Waals surface area contributed by atoms with E-state index in [4.69, 9.17) is 18.9 Å². The van der Waals surface area contributed by atoms with Crippen molar-refractivity contribution in [3.63, 3.8) is 0 Å². The van der Waals surface area contributed by atoms with Crippen molar-refractivity contribution in [2.75, 3.05) is 26.4 Å². The minimum Gasteiger partial charge on any atom is -0.384 e. The van der Waals surface area contributed by atoms with Gasteiger partial charge in [0.2, 0.25) is 0 Å². The molecule has 3 saturated carbocycles. The average Bonchev–Trinajstić information content (AvgIpc) is 3.43. The summed E-state index contributed by atoms with van der Waals surface area (Å²) in [5.74, 6) is -0.623. The van der Waals surface area contributed by atoms with Gasteiger partial charge in [0.1, 0.15) is 11.4 Å². The van der Waals surface area contributed by atoms with Gasteiger partial charge >= 0.3 is 0 Å². The molecule has 6 aliphatic rings. The van der Waals surface area contributed by atoms with Crippen molar-refractivity contribution in [3.8, 4) is 0 Å². The number of ketones is 1. The lowest BCUT2D eigenvalue weighted by Gasteiger charge is -2.59. The first-order chi connectivity index (χ1) is 14.7. The van der Waals surface area contributed by atoms with Crippen LogP contribution in [0, 0.1) is 28.6 Å². The standard InChI is InChI=1S/C25H36O6/c1-21-8-9-24(30-12-13-31-24)14-16(21)4-5-17-18-6-7-25(27,23(3)28-10-11-29-23)22(18,2)15-19(26)20(17)21/h4,17-18,20,27H,5-15H2,1-3H3/t17-,18-,20+,21-,22-,25+/m0/s1. The number of rotatable bonds is 1. The van der Waals surface area contributed by atoms with Crippen molar-refractivity contribution in [1.82, 2.24) is 0 Å². The zero-order valence-corrected chi connectivity index (χ0v) is 19.1. The molecule has 0 bridgehead atoms. The van der Waals surface area contributed by atoms with Crippen LogP contribution in [0.5, 0.6) is 0 Å². The predicted molar refractivity (Wildman–Crippen MR) is 112 cm³/mol. The highest BCUT2D eigenvalue weighted by atomic mass is 16.8. The van der Waals surface area contributed by atoms with Crippen LogP contribution in [0.2, 0.25) is 0 Å². The van der Waals surface area contributed by atoms with Crippen molar-refractivity contribution >= 4 is 5.78 Å². The number of hydrogen-bond acceptors (Lipinski definition) is 6. The van der Waals surface area contributed by atoms with Gasteiger partial charge in [-0.2, -0.15) is 0 Å². The van der Waals surface area contributed by atoms with E-state index in [0.717, 1.165) is 32.1 Å². The first-order valence-corrected chi connectivity index (χ1v) is 12.2. The molecule has 2 aliphatic heterocycles. The van der Waals surface area contributed by atoms with E-state index >= 15 is 0 Å². The van der Waals surface area contributed by atoms with Gasteiger partial charge in [-0.3, -0.25) is 4.79 Å². The van der Waals surface area contributed by atoms with Gasteiger partial charge < -0.3 is 24.1 Å². The van der Waals surface area contributed by atoms with Crippen LogP contribution >= 0.6 is 0 Å². The van der Waals surface area contributed by atoms with Gasteiger partial charge in [-0.25, -0.2) is 0 Å². The first-order valence-electron chi connectivity index (χ1n) is 12.2. The molecule has 2 heterocycles. The molecule has 0 aromatic rings. The van der Waals surface area contributed by atoms with Crippen LogP contribution in [-0.2, 0) is 23.7 Å². The van der Waals surface area contributed by atoms with Gasteiger partial charge in [0, 0.05) is 30.6 Å². The minimum atomic E-state index is -1.14. The fraction of sp³-hybridized carbons (Fsp3) is 0.880. The number of allylic oxidation sites excluding steroid dienone is 1. The highest BCUT2D eigenvalue weighted by Crippen LogP contribution is 2.69. The first kappa shape index (κ1) is 20.8. The van der Waals surface area contributed by atoms with E-state index in [1.54, 1.807) is 0 Å². The maximum absolute atomic E-state index is 13.9. The second-order valence-corrected chi connectivity index (χ2v) is 11.5. The van der Waals surface area contributed by atoms with E-state index < -0.39 is 22.6 Å². The molecule has 1 spiro atoms. The Labute approximate surface area is 184 Å². The fourth-order valence-corrected chi connectivity index (χ4v) is 8.68. The van der Waals surface area contributed by atoms with E-state index in [1.807, 2.05) is 6.92 Å². The zero-order valence-electron chi connectivity index (χ0n) is 19.1. The van der Waals surface area contributed by atoms with Crippen LogP contribution in [0.25, 0.3) is 0 Å². The maximum Gasteiger partial charge on any atom is 0.195 e. The van der Waals surface area contributed by atoms with Gasteiger partial charge in [0.25, 0.3) is 0 Å². The summed E-state index contributed by atoms with van der Waals surface area (Å²) in [6, 6.07) is 0. The molecule has 0 amide bonds. The molecule has 5 fully saturated rings. The number of fused-ring (bicyclic) bond motifs is 5. The molecule has 0 aromatic heterocycles. The summed E-state index contributed by atoms with van der Waals surface area (Å²) in [5.41, 5.74) is -0.456. The molecule has 6 nitrogen and oxygen atoms in total. The summed E-state index contributed by atoms with van der Waals surface area (Å²) in [7, 11) is 0. The Bertz CT molecular complexity index is 824. The Balaban J connectivity index is 1.35. The summed E-state index contributed by atoms with van der Waals surface area (Å²) < 4.78 is 23.9. The van der Waals surface area contributed by atoms with Gasteiger partial charge in [0.05, 0.1) is 26.4 Å². The SMILES string of the molecule is CC1([C@@]2(O)CC[C@H]3[C@@H]4CC=C5CC6(CC[C@]5(C)[C@H]4C(=O)C[C@@]32C)OCCO6)OCCO1. The fourth-order valence-electron chi connectivity index (χ4n) is 8.68. The molecule has 6 atom stereocenters. The Morgan fingerprint density at radius 2 is 1.61 bits per heavy atom. The van der Waals surface area contributed by atoms with Crippen LogP contribution in [-0.4, -0.2) is 54.5 Å². The Morgan fingerprint density at radius 1 is 0.935 bits per heavy atom. The quantitative estimate of drug-likeness (QED) is 0.641. The molecule has 0 unspecified atom stereocenters. The molecule has 6 rings (SSSR count). The summed E-state index contributed by atoms with van der Waals surface area (Å²) in [5, 5.41) is 12.0. The van der Waals surface area contributed by atoms with E-state index in [0.29, 0.717) is 45.1 Å². The highest BCUT2D eigenvalue weighted by molar-refractivity contribution is 5.85. The van der Waals surface area contributed by atoms with Crippen LogP contribution < -0.4 is 0 Å². The van der Waals surface area contributed by atoms with Gasteiger partial charge in [0.15, 0.2) is 11.6 Å². The Hall–Kier alpha value is -0.790. The number of carbonyl (C=O) groups excluding carboxylic acids is 1. The summed E-state index contributed by atoms with van der Waals surface area (Å²) >= 11 is 0. The van der Waals surface area contributed by atoms with Crippen LogP contribution in [0.1, 0.15) is 65.7 Å². The Kier molecular flexibility index (Phi) is 4.30. The van der Waals surface area contributed by atoms with E-state index in [2.05, 4.69) is 19.9 Å². The largest absolute Gasteiger partial charge is 0.384 e. The van der Waals surface area contributed by atoms with Gasteiger partial charge in [-0.1, -0.05) is 25.5 Å². The third kappa shape index (κ3) is 2.49. The van der Waals surface area contributed by atoms with E-state index in [-0.39, 0.29) is 23.2 Å². The maximum atomic E-state index is 13.9. The normalized spacial score (nSPS) is 50.1. The molecule has 6 heteroatoms. The van der Waals surface area contributed by atoms with Crippen LogP contribution in [0.4, 0.5) is 0 Å². The third-order valence-corrected chi connectivity index (χ3v) is 10.4. The van der Waals surface area contributed by atoms with Crippen molar-refractivity contribution in [1.29, 1.82) is 0 Å². The zero-order chi connectivity index (χ0) is 21.7. The topological polar surface area (TPSA) is 74.2 Å². The van der Waals surface area contributed by atoms with Crippen LogP contribution in [0.15, 0.2) is 11.6 Å². The third-order valence-electron chi connectivity index (χ3n) is 10.4. The molecular weight excluding hydrogens is 396 g/mol. The lowest BCUT2D eigenvalue weighted by atomic mass is 9.46. The van der Waals surface area contributed by atoms with E-state index in [1.165, 1.54) is 5.57 Å². The summed E-state index contributed by atoms with van der Waals surface area (Å²) in [4.78, 5) is 13.9. The van der Waals surface area contributed by atoms with Crippen LogP contribution in [0.3, 0.4) is 0 Å². The number of hydrogen-bond donors (Lipinski definition) is 1. The van der Waals surface area contributed by atoms with Crippen molar-refractivity contribution in [2.24, 2.45) is 28.6 Å². The average molecular weight is 433 g/mol. The summed E-state index contributed by atoms with van der Waals surface area (Å²) in [6.45, 7) is 8.60. The Morgan fingerprint density at radius 3 is 2.32 bits per heavy atom. The minimum absolute atomic E-state index is 0.0184. The van der Waals surface area contributed by atoms with Gasteiger partial charge in [-0.05, 0) is 49.9 Å². The van der Waals surface area contributed by atoms with Crippen molar-refractivity contribution < 1.29 is 28.8 Å². The molecule has 1 N–H and O–H groups in total. The second-order valence-electron chi connectivity index (χ2n) is 11.5. The second kappa shape index (κ2) is 6.41. The lowest BCUT2D eigenvalue weighted by molar-refractivity contribution is -0.296. The smallest absolute Gasteiger partial charge is 0.195 e. The predicted octanol–water partition coefficient (Wildman–Crippen LogP) is 3.37. The van der Waals surface area contributed by atoms with Gasteiger partial charge in [-0.15, -0.1) is 0 Å². The molecule has 4 aliphatic carbocycles. The molecule has 31 heavy (non-hydrogen) atoms. The van der Waals surface area contributed by atoms with E-state index in [9.17, 15) is 9.90 Å². The summed E-state index contributed by atoms with van der Waals surface area (Å²) in [6.07, 6.45) is 7.77.